The Labute approximate surface area is 110 Å². The maximum atomic E-state index is 6.37. The first-order chi connectivity index (χ1) is 8.83. The summed E-state index contributed by atoms with van der Waals surface area (Å²) in [6, 6.07) is 7.28. The van der Waals surface area contributed by atoms with Crippen LogP contribution in [-0.2, 0) is 24.0 Å². The monoisotopic (exact) mass is 245 g/mol. The van der Waals surface area contributed by atoms with Crippen molar-refractivity contribution >= 4 is 0 Å². The lowest BCUT2D eigenvalue weighted by molar-refractivity contribution is 0.0585. The van der Waals surface area contributed by atoms with Gasteiger partial charge < -0.3 is 10.5 Å². The van der Waals surface area contributed by atoms with Crippen LogP contribution in [-0.4, -0.2) is 19.3 Å². The highest BCUT2D eigenvalue weighted by Crippen LogP contribution is 2.25. The van der Waals surface area contributed by atoms with Crippen LogP contribution >= 0.6 is 0 Å². The molecule has 1 atom stereocenters. The maximum Gasteiger partial charge on any atom is 0.0469 e. The molecule has 2 nitrogen and oxygen atoms in total. The quantitative estimate of drug-likeness (QED) is 0.888. The van der Waals surface area contributed by atoms with Crippen LogP contribution in [0.3, 0.4) is 0 Å². The number of nitrogens with two attached hydrogens (primary N) is 1. The van der Waals surface area contributed by atoms with E-state index < -0.39 is 0 Å². The zero-order valence-electron chi connectivity index (χ0n) is 11.0. The van der Waals surface area contributed by atoms with Gasteiger partial charge in [-0.25, -0.2) is 0 Å². The number of benzene rings is 1. The summed E-state index contributed by atoms with van der Waals surface area (Å²) in [6.07, 6.45) is 7.14. The lowest BCUT2D eigenvalue weighted by Crippen LogP contribution is -2.36. The molecule has 1 fully saturated rings. The third kappa shape index (κ3) is 2.60. The van der Waals surface area contributed by atoms with E-state index in [2.05, 4.69) is 18.2 Å². The molecule has 1 saturated heterocycles. The molecule has 1 aliphatic heterocycles. The molecule has 0 radical (unpaired) electrons. The van der Waals surface area contributed by atoms with Crippen LogP contribution in [0.1, 0.15) is 36.0 Å². The summed E-state index contributed by atoms with van der Waals surface area (Å²) in [6.45, 7) is 1.78. The maximum absolute atomic E-state index is 6.37. The second kappa shape index (κ2) is 5.41. The summed E-state index contributed by atoms with van der Waals surface area (Å²) in [5.74, 6) is 0.645. The highest BCUT2D eigenvalue weighted by molar-refractivity contribution is 5.35. The van der Waals surface area contributed by atoms with E-state index in [1.54, 1.807) is 11.1 Å². The van der Waals surface area contributed by atoms with Crippen molar-refractivity contribution in [1.29, 1.82) is 0 Å². The second-order valence-electron chi connectivity index (χ2n) is 5.77. The normalized spacial score (nSPS) is 21.8. The number of ether oxygens (including phenoxy) is 1. The lowest BCUT2D eigenvalue weighted by Gasteiger charge is -2.27. The highest BCUT2D eigenvalue weighted by Gasteiger charge is 2.21. The molecule has 18 heavy (non-hydrogen) atoms. The molecular formula is C16H23NO. The molecule has 0 spiro atoms. The number of hydrogen-bond donors (Lipinski definition) is 1. The van der Waals surface area contributed by atoms with Gasteiger partial charge in [0.15, 0.2) is 0 Å². The first kappa shape index (κ1) is 12.2. The predicted octanol–water partition coefficient (Wildman–Crippen LogP) is 2.47. The topological polar surface area (TPSA) is 35.2 Å². The molecule has 2 N–H and O–H groups in total. The van der Waals surface area contributed by atoms with E-state index in [1.807, 2.05) is 0 Å². The zero-order chi connectivity index (χ0) is 12.4. The Hall–Kier alpha value is -0.860. The standard InChI is InChI=1S/C16H23NO/c17-16(14-6-8-18-9-7-14)11-12-4-5-13-2-1-3-15(13)10-12/h4-5,10,14,16H,1-3,6-9,11,17H2. The fraction of sp³-hybridized carbons (Fsp3) is 0.625. The van der Waals surface area contributed by atoms with E-state index in [0.29, 0.717) is 12.0 Å². The predicted molar refractivity (Wildman–Crippen MR) is 73.7 cm³/mol. The number of aryl methyl sites for hydroxylation is 2. The number of hydrogen-bond acceptors (Lipinski definition) is 2. The average molecular weight is 245 g/mol. The van der Waals surface area contributed by atoms with Gasteiger partial charge >= 0.3 is 0 Å². The molecule has 2 heteroatoms. The molecular weight excluding hydrogens is 222 g/mol. The summed E-state index contributed by atoms with van der Waals surface area (Å²) in [7, 11) is 0. The van der Waals surface area contributed by atoms with Crippen LogP contribution in [0.2, 0.25) is 0 Å². The molecule has 1 unspecified atom stereocenters. The van der Waals surface area contributed by atoms with Crippen LogP contribution in [0, 0.1) is 5.92 Å². The Morgan fingerprint density at radius 2 is 1.94 bits per heavy atom. The first-order valence-electron chi connectivity index (χ1n) is 7.27. The average Bonchev–Trinajstić information content (AvgIpc) is 2.87. The molecule has 3 rings (SSSR count). The summed E-state index contributed by atoms with van der Waals surface area (Å²) >= 11 is 0. The van der Waals surface area contributed by atoms with Gasteiger partial charge in [-0.2, -0.15) is 0 Å². The van der Waals surface area contributed by atoms with Crippen molar-refractivity contribution in [3.05, 3.63) is 34.9 Å². The highest BCUT2D eigenvalue weighted by atomic mass is 16.5. The summed E-state index contributed by atoms with van der Waals surface area (Å²) in [5, 5.41) is 0. The van der Waals surface area contributed by atoms with Crippen LogP contribution < -0.4 is 5.73 Å². The van der Waals surface area contributed by atoms with Crippen LogP contribution in [0.25, 0.3) is 0 Å². The minimum absolute atomic E-state index is 0.299. The Kier molecular flexibility index (Phi) is 3.67. The van der Waals surface area contributed by atoms with E-state index in [4.69, 9.17) is 10.5 Å². The Balaban J connectivity index is 1.64. The van der Waals surface area contributed by atoms with Crippen molar-refractivity contribution < 1.29 is 4.74 Å². The molecule has 1 aromatic carbocycles. The smallest absolute Gasteiger partial charge is 0.0469 e. The lowest BCUT2D eigenvalue weighted by atomic mass is 9.88. The van der Waals surface area contributed by atoms with E-state index in [9.17, 15) is 0 Å². The van der Waals surface area contributed by atoms with Gasteiger partial charge in [0.05, 0.1) is 0 Å². The first-order valence-corrected chi connectivity index (χ1v) is 7.27. The van der Waals surface area contributed by atoms with E-state index >= 15 is 0 Å². The fourth-order valence-electron chi connectivity index (χ4n) is 3.33. The third-order valence-corrected chi connectivity index (χ3v) is 4.51. The Morgan fingerprint density at radius 3 is 2.78 bits per heavy atom. The Morgan fingerprint density at radius 1 is 1.17 bits per heavy atom. The minimum atomic E-state index is 0.299. The van der Waals surface area contributed by atoms with Crippen molar-refractivity contribution in [3.63, 3.8) is 0 Å². The molecule has 0 aromatic heterocycles. The molecule has 1 aromatic rings. The van der Waals surface area contributed by atoms with Gasteiger partial charge in [0.1, 0.15) is 0 Å². The largest absolute Gasteiger partial charge is 0.381 e. The molecule has 1 aliphatic carbocycles. The van der Waals surface area contributed by atoms with E-state index in [-0.39, 0.29) is 0 Å². The fourth-order valence-corrected chi connectivity index (χ4v) is 3.33. The van der Waals surface area contributed by atoms with Gasteiger partial charge in [-0.1, -0.05) is 18.2 Å². The van der Waals surface area contributed by atoms with Gasteiger partial charge in [0.2, 0.25) is 0 Å². The van der Waals surface area contributed by atoms with Crippen molar-refractivity contribution in [3.8, 4) is 0 Å². The van der Waals surface area contributed by atoms with E-state index in [0.717, 1.165) is 32.5 Å². The molecule has 0 amide bonds. The zero-order valence-corrected chi connectivity index (χ0v) is 11.0. The van der Waals surface area contributed by atoms with Crippen LogP contribution in [0.4, 0.5) is 0 Å². The second-order valence-corrected chi connectivity index (χ2v) is 5.77. The van der Waals surface area contributed by atoms with Gasteiger partial charge in [-0.15, -0.1) is 0 Å². The van der Waals surface area contributed by atoms with Gasteiger partial charge in [-0.3, -0.25) is 0 Å². The van der Waals surface area contributed by atoms with Crippen LogP contribution in [0.5, 0.6) is 0 Å². The molecule has 98 valence electrons. The minimum Gasteiger partial charge on any atom is -0.381 e. The summed E-state index contributed by atoms with van der Waals surface area (Å²) in [4.78, 5) is 0. The van der Waals surface area contributed by atoms with Gasteiger partial charge in [-0.05, 0) is 61.1 Å². The van der Waals surface area contributed by atoms with Crippen molar-refractivity contribution in [1.82, 2.24) is 0 Å². The van der Waals surface area contributed by atoms with Crippen molar-refractivity contribution in [2.75, 3.05) is 13.2 Å². The number of rotatable bonds is 3. The third-order valence-electron chi connectivity index (χ3n) is 4.51. The molecule has 1 heterocycles. The van der Waals surface area contributed by atoms with Crippen molar-refractivity contribution in [2.45, 2.75) is 44.6 Å². The molecule has 0 bridgehead atoms. The molecule has 2 aliphatic rings. The van der Waals surface area contributed by atoms with Crippen molar-refractivity contribution in [2.24, 2.45) is 11.7 Å². The SMILES string of the molecule is NC(Cc1ccc2c(c1)CCC2)C1CCOCC1. The van der Waals surface area contributed by atoms with E-state index in [1.165, 1.54) is 24.8 Å². The van der Waals surface area contributed by atoms with Gasteiger partial charge in [0.25, 0.3) is 0 Å². The Bertz CT molecular complexity index is 410. The summed E-state index contributed by atoms with van der Waals surface area (Å²) in [5.41, 5.74) is 10.9. The molecule has 0 saturated carbocycles. The summed E-state index contributed by atoms with van der Waals surface area (Å²) < 4.78 is 5.41. The number of fused-ring (bicyclic) bond motifs is 1. The van der Waals surface area contributed by atoms with Gasteiger partial charge in [0, 0.05) is 19.3 Å². The van der Waals surface area contributed by atoms with Crippen LogP contribution in [0.15, 0.2) is 18.2 Å².